The number of nitrogens with one attached hydrogen (secondary N) is 3. The number of fused-ring (bicyclic) bond motifs is 2. The van der Waals surface area contributed by atoms with Crippen molar-refractivity contribution in [2.45, 2.75) is 126 Å². The molecule has 3 aliphatic rings. The first kappa shape index (κ1) is 75.4. The molecular formula is C71H92N6O19S2. The van der Waals surface area contributed by atoms with Crippen LogP contribution in [0.25, 0.3) is 0 Å². The lowest BCUT2D eigenvalue weighted by molar-refractivity contribution is 0.0621. The van der Waals surface area contributed by atoms with E-state index >= 15 is 0 Å². The lowest BCUT2D eigenvalue weighted by Gasteiger charge is -2.35. The number of alkyl carbamates (subject to hydrolysis) is 3. The first-order valence-electron chi connectivity index (χ1n) is 32.6. The molecule has 0 aromatic heterocycles. The molecule has 9 rings (SSSR count). The molecule has 0 saturated carbocycles. The summed E-state index contributed by atoms with van der Waals surface area (Å²) in [5.74, 6) is 2.89. The van der Waals surface area contributed by atoms with Gasteiger partial charge in [-0.2, -0.15) is 8.61 Å². The first-order chi connectivity index (χ1) is 46.9. The van der Waals surface area contributed by atoms with Gasteiger partial charge in [0, 0.05) is 64.9 Å². The second kappa shape index (κ2) is 35.9. The third-order valence-electron chi connectivity index (χ3n) is 16.5. The smallest absolute Gasteiger partial charge is 0.407 e. The third-order valence-corrected chi connectivity index (χ3v) is 20.1. The predicted octanol–water partition coefficient (Wildman–Crippen LogP) is 8.71. The van der Waals surface area contributed by atoms with E-state index in [1.54, 1.807) is 6.07 Å². The van der Waals surface area contributed by atoms with E-state index < -0.39 is 79.6 Å². The Morgan fingerprint density at radius 2 is 1.01 bits per heavy atom. The van der Waals surface area contributed by atoms with Crippen LogP contribution in [0.2, 0.25) is 0 Å². The molecule has 3 heterocycles. The van der Waals surface area contributed by atoms with Gasteiger partial charge in [0.1, 0.15) is 30.8 Å². The highest BCUT2D eigenvalue weighted by Gasteiger charge is 2.38. The van der Waals surface area contributed by atoms with Crippen LogP contribution in [-0.4, -0.2) is 165 Å². The summed E-state index contributed by atoms with van der Waals surface area (Å²) in [4.78, 5) is 36.1. The monoisotopic (exact) mass is 1400 g/mol. The van der Waals surface area contributed by atoms with Gasteiger partial charge in [0.05, 0.1) is 54.5 Å². The van der Waals surface area contributed by atoms with Crippen LogP contribution in [-0.2, 0) is 65.0 Å². The normalized spacial score (nSPS) is 15.4. The van der Waals surface area contributed by atoms with E-state index in [-0.39, 0.29) is 75.8 Å². The fraction of sp³-hybridized carbons (Fsp3) is 0.451. The number of nitrogens with zero attached hydrogens (tertiary/aromatic N) is 2. The van der Waals surface area contributed by atoms with E-state index in [0.717, 1.165) is 22.3 Å². The SMILES string of the molecule is CNC(=O)OCCCC(C)(C)CN(C[C@@H](O)[C@@H](N)Cc1ccc(OCc2ccccc2)cc1)S(=O)(=O)c1ccc2c(c1)OCO2.CNC(=O)OCCCC(C)(C)CN(C[C@@H](O)[C@H](Cc1ccc(OCc2ccccc2)cc1)NC(=O)OC1CCOC1)S(=O)(=O)c1ccc2c(c1)OCO2. The summed E-state index contributed by atoms with van der Waals surface area (Å²) >= 11 is 0. The molecule has 0 aliphatic carbocycles. The maximum Gasteiger partial charge on any atom is 0.407 e. The summed E-state index contributed by atoms with van der Waals surface area (Å²) in [6, 6.07) is 41.5. The number of nitrogens with two attached hydrogens (primary N) is 1. The Morgan fingerprint density at radius 3 is 1.45 bits per heavy atom. The highest BCUT2D eigenvalue weighted by Crippen LogP contribution is 2.38. The second-order valence-electron chi connectivity index (χ2n) is 25.6. The zero-order valence-corrected chi connectivity index (χ0v) is 57.9. The summed E-state index contributed by atoms with van der Waals surface area (Å²) in [5.41, 5.74) is 9.04. The molecule has 532 valence electrons. The molecule has 3 amide bonds. The minimum Gasteiger partial charge on any atom is -0.489 e. The molecule has 5 atom stereocenters. The van der Waals surface area contributed by atoms with Gasteiger partial charge in [-0.3, -0.25) is 0 Å². The zero-order valence-electron chi connectivity index (χ0n) is 56.3. The van der Waals surface area contributed by atoms with Crippen molar-refractivity contribution in [3.63, 3.8) is 0 Å². The van der Waals surface area contributed by atoms with Crippen LogP contribution in [0.4, 0.5) is 14.4 Å². The number of amides is 3. The number of hydrogen-bond donors (Lipinski definition) is 6. The fourth-order valence-corrected chi connectivity index (χ4v) is 14.4. The Balaban J connectivity index is 0.000000253. The van der Waals surface area contributed by atoms with Crippen molar-refractivity contribution in [1.82, 2.24) is 24.6 Å². The van der Waals surface area contributed by atoms with Crippen LogP contribution in [0.1, 0.15) is 82.1 Å². The van der Waals surface area contributed by atoms with Crippen molar-refractivity contribution in [2.24, 2.45) is 16.6 Å². The fourth-order valence-electron chi connectivity index (χ4n) is 11.0. The zero-order chi connectivity index (χ0) is 70.3. The Morgan fingerprint density at radius 1 is 0.571 bits per heavy atom. The Hall–Kier alpha value is -8.41. The van der Waals surface area contributed by atoms with Gasteiger partial charge >= 0.3 is 18.3 Å². The van der Waals surface area contributed by atoms with Gasteiger partial charge < -0.3 is 79.3 Å². The van der Waals surface area contributed by atoms with Gasteiger partial charge in [-0.1, -0.05) is 113 Å². The van der Waals surface area contributed by atoms with Gasteiger partial charge in [0.25, 0.3) is 0 Å². The van der Waals surface area contributed by atoms with Crippen LogP contribution in [0.3, 0.4) is 0 Å². The topological polar surface area (TPSA) is 321 Å². The summed E-state index contributed by atoms with van der Waals surface area (Å²) in [5, 5.41) is 30.7. The number of hydrogen-bond acceptors (Lipinski definition) is 20. The molecule has 0 bridgehead atoms. The number of carbonyl (C=O) groups excluding carboxylic acids is 3. The van der Waals surface area contributed by atoms with Crippen LogP contribution >= 0.6 is 0 Å². The summed E-state index contributed by atoms with van der Waals surface area (Å²) in [6.07, 6.45) is -1.64. The Kier molecular flexibility index (Phi) is 27.6. The minimum absolute atomic E-state index is 0.00480. The molecule has 0 spiro atoms. The van der Waals surface area contributed by atoms with Gasteiger partial charge in [0.2, 0.25) is 33.6 Å². The molecule has 1 fully saturated rings. The minimum atomic E-state index is -4.22. The predicted molar refractivity (Wildman–Crippen MR) is 364 cm³/mol. The average molecular weight is 1400 g/mol. The van der Waals surface area contributed by atoms with Crippen molar-refractivity contribution in [3.8, 4) is 34.5 Å². The molecule has 7 N–H and O–H groups in total. The number of ether oxygens (including phenoxy) is 10. The van der Waals surface area contributed by atoms with Crippen LogP contribution in [0.15, 0.2) is 155 Å². The molecule has 1 unspecified atom stereocenters. The molecule has 0 radical (unpaired) electrons. The van der Waals surface area contributed by atoms with E-state index in [1.807, 2.05) is 137 Å². The van der Waals surface area contributed by atoms with Crippen molar-refractivity contribution < 1.29 is 88.8 Å². The lowest BCUT2D eigenvalue weighted by atomic mass is 9.87. The van der Waals surface area contributed by atoms with Gasteiger partial charge in [-0.15, -0.1) is 0 Å². The second-order valence-corrected chi connectivity index (χ2v) is 29.5. The molecule has 1 saturated heterocycles. The maximum atomic E-state index is 14.3. The number of benzene rings is 6. The summed E-state index contributed by atoms with van der Waals surface area (Å²) < 4.78 is 114. The van der Waals surface area contributed by atoms with Gasteiger partial charge in [0.15, 0.2) is 23.0 Å². The highest BCUT2D eigenvalue weighted by molar-refractivity contribution is 7.89. The van der Waals surface area contributed by atoms with Gasteiger partial charge in [-0.05, 0) is 120 Å². The van der Waals surface area contributed by atoms with Crippen molar-refractivity contribution in [3.05, 3.63) is 168 Å². The molecule has 3 aliphatic heterocycles. The summed E-state index contributed by atoms with van der Waals surface area (Å²) in [7, 11) is -5.34. The first-order valence-corrected chi connectivity index (χ1v) is 35.4. The Labute approximate surface area is 574 Å². The van der Waals surface area contributed by atoms with Gasteiger partial charge in [-0.25, -0.2) is 31.2 Å². The van der Waals surface area contributed by atoms with Crippen LogP contribution in [0.5, 0.6) is 34.5 Å². The quantitative estimate of drug-likeness (QED) is 0.0162. The van der Waals surface area contributed by atoms with Crippen LogP contribution < -0.4 is 50.1 Å². The molecule has 25 nitrogen and oxygen atoms in total. The maximum absolute atomic E-state index is 14.3. The van der Waals surface area contributed by atoms with E-state index in [4.69, 9.17) is 53.1 Å². The largest absolute Gasteiger partial charge is 0.489 e. The Bertz CT molecular complexity index is 3740. The molecule has 6 aromatic carbocycles. The molecule has 98 heavy (non-hydrogen) atoms. The average Bonchev–Trinajstić information content (AvgIpc) is 1.26. The molecule has 27 heteroatoms. The molecule has 6 aromatic rings. The van der Waals surface area contributed by atoms with Crippen molar-refractivity contribution in [1.29, 1.82) is 0 Å². The highest BCUT2D eigenvalue weighted by atomic mass is 32.2. The van der Waals surface area contributed by atoms with Crippen LogP contribution in [0, 0.1) is 10.8 Å². The van der Waals surface area contributed by atoms with Crippen molar-refractivity contribution in [2.75, 3.05) is 80.3 Å². The van der Waals surface area contributed by atoms with E-state index in [9.17, 15) is 41.4 Å². The summed E-state index contributed by atoms with van der Waals surface area (Å²) in [6.45, 7) is 9.13. The lowest BCUT2D eigenvalue weighted by Crippen LogP contribution is -2.52. The standard InChI is InChI=1S/C38H49N3O11S.C33H43N3O8S/c1-38(2,17-7-18-48-36(43)39-3)25-41(53(45,46)31-14-15-34-35(21-31)51-26-50-34)22-33(42)32(40-37(44)52-30-16-19-47-24-30)20-27-10-12-29(13-11-27)49-23-28-8-5-4-6-9-28;1-33(2,16-7-17-41-32(38)35-3)22-36(45(39,40)27-14-15-30-31(19-27)44-23-43-30)20-29(37)28(34)18-24-10-12-26(13-11-24)42-21-25-8-5-4-6-9-25/h4-6,8-15,21,30,32-33,42H,7,16-20,22-26H2,1-3H3,(H,39,43)(H,40,44);4-6,8-15,19,28-29,37H,7,16-18,20-23,34H2,1-3H3,(H,35,38)/t30?,32-,33+;28-,29+/m00/s1. The number of sulfonamides is 2. The van der Waals surface area contributed by atoms with E-state index in [1.165, 1.54) is 53.0 Å². The third kappa shape index (κ3) is 23.1. The van der Waals surface area contributed by atoms with E-state index in [2.05, 4.69) is 16.0 Å². The number of carbonyl (C=O) groups is 3. The molecular weight excluding hydrogens is 1300 g/mol. The number of aliphatic hydroxyl groups is 2. The number of rotatable bonds is 34. The van der Waals surface area contributed by atoms with Crippen molar-refractivity contribution >= 4 is 38.3 Å². The number of aliphatic hydroxyl groups excluding tert-OH is 2. The van der Waals surface area contributed by atoms with E-state index in [0.29, 0.717) is 92.8 Å².